The molecule has 6 heteroatoms. The summed E-state index contributed by atoms with van der Waals surface area (Å²) in [5.74, 6) is 0.922. The number of rotatable bonds is 4. The van der Waals surface area contributed by atoms with Crippen LogP contribution >= 0.6 is 11.6 Å². The van der Waals surface area contributed by atoms with E-state index in [1.165, 1.54) is 12.8 Å². The lowest BCUT2D eigenvalue weighted by Crippen LogP contribution is -2.07. The van der Waals surface area contributed by atoms with Gasteiger partial charge in [-0.1, -0.05) is 11.6 Å². The molecule has 21 heavy (non-hydrogen) atoms. The van der Waals surface area contributed by atoms with E-state index in [9.17, 15) is 0 Å². The largest absolute Gasteiger partial charge is 0.335 e. The zero-order chi connectivity index (χ0) is 14.4. The van der Waals surface area contributed by atoms with E-state index in [2.05, 4.69) is 9.55 Å². The first-order valence-electron chi connectivity index (χ1n) is 7.16. The number of hydrogen-bond donors (Lipinski definition) is 1. The molecular weight excluding hydrogens is 286 g/mol. The van der Waals surface area contributed by atoms with Crippen molar-refractivity contribution in [2.24, 2.45) is 5.73 Å². The van der Waals surface area contributed by atoms with Crippen LogP contribution < -0.4 is 5.73 Å². The fourth-order valence-corrected chi connectivity index (χ4v) is 2.86. The third-order valence-electron chi connectivity index (χ3n) is 3.81. The molecule has 0 bridgehead atoms. The highest BCUT2D eigenvalue weighted by molar-refractivity contribution is 6.31. The molecule has 0 spiro atoms. The second kappa shape index (κ2) is 4.86. The summed E-state index contributed by atoms with van der Waals surface area (Å²) in [4.78, 5) is 9.24. The average molecular weight is 302 g/mol. The molecule has 1 saturated carbocycles. The zero-order valence-corrected chi connectivity index (χ0v) is 12.3. The average Bonchev–Trinajstić information content (AvgIpc) is 3.08. The second-order valence-electron chi connectivity index (χ2n) is 5.46. The fraction of sp³-hybridized carbons (Fsp3) is 0.333. The van der Waals surface area contributed by atoms with Crippen LogP contribution in [0.25, 0.3) is 22.6 Å². The van der Waals surface area contributed by atoms with Gasteiger partial charge in [0.1, 0.15) is 5.69 Å². The lowest BCUT2D eigenvalue weighted by atomic mass is 10.3. The van der Waals surface area contributed by atoms with Gasteiger partial charge < -0.3 is 14.9 Å². The van der Waals surface area contributed by atoms with Gasteiger partial charge in [0.05, 0.1) is 17.4 Å². The van der Waals surface area contributed by atoms with Crippen molar-refractivity contribution in [3.05, 3.63) is 35.7 Å². The Morgan fingerprint density at radius 3 is 2.95 bits per heavy atom. The Balaban J connectivity index is 1.88. The standard InChI is InChI=1S/C15H16ClN5/c16-10-1-4-12-14(7-10)21(11-2-3-11)15(19-12)13-8-20(6-5-17)9-18-13/h1,4,7-9,11H,2-3,5-6,17H2. The Labute approximate surface area is 127 Å². The molecule has 0 radical (unpaired) electrons. The van der Waals surface area contributed by atoms with Gasteiger partial charge in [-0.05, 0) is 31.0 Å². The van der Waals surface area contributed by atoms with Crippen LogP contribution in [0.5, 0.6) is 0 Å². The predicted molar refractivity (Wildman–Crippen MR) is 83.3 cm³/mol. The molecule has 5 nitrogen and oxygen atoms in total. The normalized spacial score (nSPS) is 15.0. The summed E-state index contributed by atoms with van der Waals surface area (Å²) in [5.41, 5.74) is 8.54. The molecule has 0 unspecified atom stereocenters. The molecule has 1 aliphatic rings. The monoisotopic (exact) mass is 301 g/mol. The predicted octanol–water partition coefficient (Wildman–Crippen LogP) is 2.85. The van der Waals surface area contributed by atoms with Gasteiger partial charge in [0.25, 0.3) is 0 Å². The number of benzene rings is 1. The minimum atomic E-state index is 0.517. The Morgan fingerprint density at radius 2 is 2.19 bits per heavy atom. The lowest BCUT2D eigenvalue weighted by Gasteiger charge is -2.05. The molecule has 1 aliphatic carbocycles. The van der Waals surface area contributed by atoms with Crippen molar-refractivity contribution < 1.29 is 0 Å². The highest BCUT2D eigenvalue weighted by Crippen LogP contribution is 2.41. The first kappa shape index (κ1) is 12.9. The van der Waals surface area contributed by atoms with E-state index < -0.39 is 0 Å². The van der Waals surface area contributed by atoms with Gasteiger partial charge in [0.2, 0.25) is 0 Å². The van der Waals surface area contributed by atoms with E-state index in [1.54, 1.807) is 0 Å². The highest BCUT2D eigenvalue weighted by Gasteiger charge is 2.29. The Kier molecular flexibility index (Phi) is 2.97. The summed E-state index contributed by atoms with van der Waals surface area (Å²) >= 11 is 6.14. The van der Waals surface area contributed by atoms with Crippen molar-refractivity contribution in [2.45, 2.75) is 25.4 Å². The summed E-state index contributed by atoms with van der Waals surface area (Å²) in [7, 11) is 0. The number of imidazole rings is 2. The van der Waals surface area contributed by atoms with Crippen molar-refractivity contribution >= 4 is 22.6 Å². The molecule has 108 valence electrons. The maximum Gasteiger partial charge on any atom is 0.161 e. The summed E-state index contributed by atoms with van der Waals surface area (Å²) in [6.07, 6.45) is 6.20. The van der Waals surface area contributed by atoms with Crippen LogP contribution in [0.3, 0.4) is 0 Å². The summed E-state index contributed by atoms with van der Waals surface area (Å²) in [5, 5.41) is 0.740. The number of aromatic nitrogens is 4. The van der Waals surface area contributed by atoms with Crippen LogP contribution in [0.4, 0.5) is 0 Å². The molecular formula is C15H16ClN5. The molecule has 1 aromatic carbocycles. The van der Waals surface area contributed by atoms with Crippen LogP contribution in [0.15, 0.2) is 30.7 Å². The maximum absolute atomic E-state index is 6.14. The number of nitrogens with zero attached hydrogens (tertiary/aromatic N) is 4. The molecule has 0 saturated heterocycles. The van der Waals surface area contributed by atoms with Gasteiger partial charge in [-0.25, -0.2) is 9.97 Å². The molecule has 2 heterocycles. The zero-order valence-electron chi connectivity index (χ0n) is 11.5. The van der Waals surface area contributed by atoms with Gasteiger partial charge in [-0.15, -0.1) is 0 Å². The van der Waals surface area contributed by atoms with E-state index in [1.807, 2.05) is 35.3 Å². The minimum absolute atomic E-state index is 0.517. The van der Waals surface area contributed by atoms with E-state index >= 15 is 0 Å². The van der Waals surface area contributed by atoms with Crippen molar-refractivity contribution in [1.29, 1.82) is 0 Å². The van der Waals surface area contributed by atoms with Crippen LogP contribution in [0.2, 0.25) is 5.02 Å². The number of halogens is 1. The van der Waals surface area contributed by atoms with Crippen LogP contribution in [0, 0.1) is 0 Å². The number of nitrogens with two attached hydrogens (primary N) is 1. The van der Waals surface area contributed by atoms with E-state index in [4.69, 9.17) is 22.3 Å². The van der Waals surface area contributed by atoms with Gasteiger partial charge >= 0.3 is 0 Å². The molecule has 2 N–H and O–H groups in total. The molecule has 0 aliphatic heterocycles. The Hall–Kier alpha value is -1.85. The molecule has 0 amide bonds. The number of hydrogen-bond acceptors (Lipinski definition) is 3. The minimum Gasteiger partial charge on any atom is -0.335 e. The topological polar surface area (TPSA) is 61.7 Å². The quantitative estimate of drug-likeness (QED) is 0.806. The Morgan fingerprint density at radius 1 is 1.33 bits per heavy atom. The third-order valence-corrected chi connectivity index (χ3v) is 4.05. The first-order valence-corrected chi connectivity index (χ1v) is 7.54. The van der Waals surface area contributed by atoms with Crippen LogP contribution in [0.1, 0.15) is 18.9 Å². The Bertz CT molecular complexity index is 800. The first-order chi connectivity index (χ1) is 10.3. The van der Waals surface area contributed by atoms with Crippen molar-refractivity contribution in [3.8, 4) is 11.5 Å². The number of fused-ring (bicyclic) bond motifs is 1. The van der Waals surface area contributed by atoms with E-state index in [0.717, 1.165) is 34.1 Å². The second-order valence-corrected chi connectivity index (χ2v) is 5.89. The summed E-state index contributed by atoms with van der Waals surface area (Å²) in [6.45, 7) is 1.37. The van der Waals surface area contributed by atoms with Crippen molar-refractivity contribution in [1.82, 2.24) is 19.1 Å². The molecule has 1 fully saturated rings. The van der Waals surface area contributed by atoms with E-state index in [-0.39, 0.29) is 0 Å². The van der Waals surface area contributed by atoms with Gasteiger partial charge in [0, 0.05) is 30.4 Å². The smallest absolute Gasteiger partial charge is 0.161 e. The summed E-state index contributed by atoms with van der Waals surface area (Å²) in [6, 6.07) is 6.35. The lowest BCUT2D eigenvalue weighted by molar-refractivity contribution is 0.707. The maximum atomic E-state index is 6.14. The molecule has 3 aromatic rings. The molecule has 4 rings (SSSR count). The summed E-state index contributed by atoms with van der Waals surface area (Å²) < 4.78 is 4.27. The van der Waals surface area contributed by atoms with Crippen LogP contribution in [-0.2, 0) is 6.54 Å². The van der Waals surface area contributed by atoms with Gasteiger partial charge in [0.15, 0.2) is 5.82 Å². The SMILES string of the molecule is NCCn1cnc(-c2nc3ccc(Cl)cc3n2C2CC2)c1. The third kappa shape index (κ3) is 2.22. The van der Waals surface area contributed by atoms with E-state index in [0.29, 0.717) is 12.6 Å². The highest BCUT2D eigenvalue weighted by atomic mass is 35.5. The van der Waals surface area contributed by atoms with Crippen molar-refractivity contribution in [2.75, 3.05) is 6.54 Å². The molecule has 0 atom stereocenters. The van der Waals surface area contributed by atoms with Gasteiger partial charge in [-0.2, -0.15) is 0 Å². The van der Waals surface area contributed by atoms with Crippen molar-refractivity contribution in [3.63, 3.8) is 0 Å². The van der Waals surface area contributed by atoms with Crippen LogP contribution in [-0.4, -0.2) is 25.6 Å². The molecule has 2 aromatic heterocycles. The fourth-order valence-electron chi connectivity index (χ4n) is 2.70. The van der Waals surface area contributed by atoms with Gasteiger partial charge in [-0.3, -0.25) is 0 Å².